The van der Waals surface area contributed by atoms with Gasteiger partial charge in [0.25, 0.3) is 0 Å². The molecule has 18 heavy (non-hydrogen) atoms. The molecular weight excluding hydrogens is 222 g/mol. The van der Waals surface area contributed by atoms with E-state index < -0.39 is 0 Å². The van der Waals surface area contributed by atoms with E-state index >= 15 is 0 Å². The Labute approximate surface area is 112 Å². The second-order valence-electron chi connectivity index (χ2n) is 7.32. The van der Waals surface area contributed by atoms with Crippen LogP contribution < -0.4 is 5.32 Å². The Morgan fingerprint density at radius 2 is 1.67 bits per heavy atom. The first-order valence-electron chi connectivity index (χ1n) is 8.08. The van der Waals surface area contributed by atoms with Crippen LogP contribution in [0.15, 0.2) is 0 Å². The smallest absolute Gasteiger partial charge is 0.0708 e. The Morgan fingerprint density at radius 1 is 1.00 bits per heavy atom. The molecule has 0 amide bonds. The van der Waals surface area contributed by atoms with E-state index in [1.165, 1.54) is 70.8 Å². The Bertz CT molecular complexity index is 277. The van der Waals surface area contributed by atoms with E-state index in [9.17, 15) is 0 Å². The summed E-state index contributed by atoms with van der Waals surface area (Å²) in [4.78, 5) is 0. The van der Waals surface area contributed by atoms with Crippen LogP contribution in [0.3, 0.4) is 0 Å². The standard InChI is InChI=1S/C16H29NO/c1-15(7-2-3-8-15)13-17-12-14-6-11-16(18-14)9-4-5-10-16/h14,17H,2-13H2,1H3. The summed E-state index contributed by atoms with van der Waals surface area (Å²) in [6.07, 6.45) is 14.2. The van der Waals surface area contributed by atoms with Gasteiger partial charge >= 0.3 is 0 Å². The van der Waals surface area contributed by atoms with Gasteiger partial charge in [0.05, 0.1) is 11.7 Å². The van der Waals surface area contributed by atoms with Crippen molar-refractivity contribution in [2.24, 2.45) is 5.41 Å². The third-order valence-electron chi connectivity index (χ3n) is 5.59. The Morgan fingerprint density at radius 3 is 2.39 bits per heavy atom. The Kier molecular flexibility index (Phi) is 3.68. The molecule has 3 rings (SSSR count). The molecule has 2 nitrogen and oxygen atoms in total. The first-order chi connectivity index (χ1) is 8.70. The van der Waals surface area contributed by atoms with Crippen LogP contribution in [-0.4, -0.2) is 24.8 Å². The van der Waals surface area contributed by atoms with E-state index in [4.69, 9.17) is 4.74 Å². The fourth-order valence-corrected chi connectivity index (χ4v) is 4.37. The third kappa shape index (κ3) is 2.75. The highest BCUT2D eigenvalue weighted by Crippen LogP contribution is 2.43. The van der Waals surface area contributed by atoms with Crippen LogP contribution in [0.5, 0.6) is 0 Å². The first-order valence-corrected chi connectivity index (χ1v) is 8.08. The largest absolute Gasteiger partial charge is 0.370 e. The molecule has 1 unspecified atom stereocenters. The highest BCUT2D eigenvalue weighted by Gasteiger charge is 2.42. The normalized spacial score (nSPS) is 33.5. The second kappa shape index (κ2) is 5.13. The van der Waals surface area contributed by atoms with Gasteiger partial charge in [0.15, 0.2) is 0 Å². The minimum Gasteiger partial charge on any atom is -0.370 e. The van der Waals surface area contributed by atoms with Crippen LogP contribution in [0.25, 0.3) is 0 Å². The van der Waals surface area contributed by atoms with E-state index in [0.29, 0.717) is 17.1 Å². The molecule has 1 heterocycles. The molecule has 0 bridgehead atoms. The molecule has 104 valence electrons. The molecule has 2 heteroatoms. The van der Waals surface area contributed by atoms with E-state index in [-0.39, 0.29) is 0 Å². The molecule has 0 aromatic rings. The average Bonchev–Trinajstić information content (AvgIpc) is 3.05. The molecular formula is C16H29NO. The van der Waals surface area contributed by atoms with Crippen molar-refractivity contribution in [3.63, 3.8) is 0 Å². The quantitative estimate of drug-likeness (QED) is 0.823. The maximum Gasteiger partial charge on any atom is 0.0708 e. The van der Waals surface area contributed by atoms with Gasteiger partial charge in [-0.15, -0.1) is 0 Å². The van der Waals surface area contributed by atoms with Crippen molar-refractivity contribution < 1.29 is 4.74 Å². The van der Waals surface area contributed by atoms with Gasteiger partial charge < -0.3 is 10.1 Å². The van der Waals surface area contributed by atoms with Gasteiger partial charge in [-0.05, 0) is 43.9 Å². The molecule has 1 saturated heterocycles. The minimum atomic E-state index is 0.309. The average molecular weight is 251 g/mol. The Balaban J connectivity index is 1.39. The van der Waals surface area contributed by atoms with Crippen LogP contribution in [0.4, 0.5) is 0 Å². The molecule has 1 atom stereocenters. The first kappa shape index (κ1) is 12.9. The summed E-state index contributed by atoms with van der Waals surface area (Å²) < 4.78 is 6.35. The zero-order valence-electron chi connectivity index (χ0n) is 12.0. The molecule has 1 aliphatic heterocycles. The number of hydrogen-bond donors (Lipinski definition) is 1. The summed E-state index contributed by atoms with van der Waals surface area (Å²) in [5.74, 6) is 0. The summed E-state index contributed by atoms with van der Waals surface area (Å²) in [5, 5.41) is 3.69. The predicted molar refractivity (Wildman–Crippen MR) is 74.8 cm³/mol. The fourth-order valence-electron chi connectivity index (χ4n) is 4.37. The zero-order chi connectivity index (χ0) is 12.5. The van der Waals surface area contributed by atoms with Gasteiger partial charge in [-0.1, -0.05) is 32.6 Å². The van der Waals surface area contributed by atoms with Crippen molar-refractivity contribution in [1.82, 2.24) is 5.32 Å². The summed E-state index contributed by atoms with van der Waals surface area (Å²) in [5.41, 5.74) is 0.882. The van der Waals surface area contributed by atoms with Gasteiger partial charge in [-0.3, -0.25) is 0 Å². The number of hydrogen-bond acceptors (Lipinski definition) is 2. The highest BCUT2D eigenvalue weighted by molar-refractivity contribution is 4.93. The molecule has 2 aliphatic carbocycles. The SMILES string of the molecule is CC1(CNCC2CCC3(CCCC3)O2)CCCC1. The lowest BCUT2D eigenvalue weighted by Crippen LogP contribution is -2.36. The molecule has 0 aromatic carbocycles. The van der Waals surface area contributed by atoms with E-state index in [2.05, 4.69) is 12.2 Å². The third-order valence-corrected chi connectivity index (χ3v) is 5.59. The van der Waals surface area contributed by atoms with Gasteiger partial charge in [0.2, 0.25) is 0 Å². The lowest BCUT2D eigenvalue weighted by Gasteiger charge is -2.26. The summed E-state index contributed by atoms with van der Waals surface area (Å²) >= 11 is 0. The van der Waals surface area contributed by atoms with Crippen molar-refractivity contribution in [3.8, 4) is 0 Å². The van der Waals surface area contributed by atoms with Crippen LogP contribution in [0.1, 0.15) is 71.1 Å². The van der Waals surface area contributed by atoms with Crippen LogP contribution in [0, 0.1) is 5.41 Å². The molecule has 1 N–H and O–H groups in total. The molecule has 3 fully saturated rings. The van der Waals surface area contributed by atoms with Crippen LogP contribution in [0.2, 0.25) is 0 Å². The predicted octanol–water partition coefficient (Wildman–Crippen LogP) is 3.65. The van der Waals surface area contributed by atoms with Crippen molar-refractivity contribution in [2.75, 3.05) is 13.1 Å². The maximum atomic E-state index is 6.35. The van der Waals surface area contributed by atoms with Gasteiger partial charge in [-0.2, -0.15) is 0 Å². The van der Waals surface area contributed by atoms with Gasteiger partial charge in [0.1, 0.15) is 0 Å². The van der Waals surface area contributed by atoms with Crippen LogP contribution >= 0.6 is 0 Å². The van der Waals surface area contributed by atoms with Gasteiger partial charge in [-0.25, -0.2) is 0 Å². The van der Waals surface area contributed by atoms with E-state index in [1.807, 2.05) is 0 Å². The number of nitrogens with one attached hydrogen (secondary N) is 1. The number of ether oxygens (including phenoxy) is 1. The maximum absolute atomic E-state index is 6.35. The van der Waals surface area contributed by atoms with Gasteiger partial charge in [0, 0.05) is 13.1 Å². The topological polar surface area (TPSA) is 21.3 Å². The summed E-state index contributed by atoms with van der Waals surface area (Å²) in [6.45, 7) is 4.72. The summed E-state index contributed by atoms with van der Waals surface area (Å²) in [6, 6.07) is 0. The molecule has 1 spiro atoms. The lowest BCUT2D eigenvalue weighted by molar-refractivity contribution is -0.0356. The molecule has 2 saturated carbocycles. The van der Waals surface area contributed by atoms with Crippen molar-refractivity contribution in [3.05, 3.63) is 0 Å². The van der Waals surface area contributed by atoms with Crippen molar-refractivity contribution in [1.29, 1.82) is 0 Å². The van der Waals surface area contributed by atoms with Crippen LogP contribution in [-0.2, 0) is 4.74 Å². The highest BCUT2D eigenvalue weighted by atomic mass is 16.5. The van der Waals surface area contributed by atoms with Crippen molar-refractivity contribution in [2.45, 2.75) is 82.8 Å². The zero-order valence-corrected chi connectivity index (χ0v) is 12.0. The van der Waals surface area contributed by atoms with E-state index in [0.717, 1.165) is 6.54 Å². The Hall–Kier alpha value is -0.0800. The lowest BCUT2D eigenvalue weighted by atomic mass is 9.89. The molecule has 0 aromatic heterocycles. The van der Waals surface area contributed by atoms with Crippen molar-refractivity contribution >= 4 is 0 Å². The monoisotopic (exact) mass is 251 g/mol. The van der Waals surface area contributed by atoms with E-state index in [1.54, 1.807) is 0 Å². The summed E-state index contributed by atoms with van der Waals surface area (Å²) in [7, 11) is 0. The fraction of sp³-hybridized carbons (Fsp3) is 1.00. The molecule has 3 aliphatic rings. The second-order valence-corrected chi connectivity index (χ2v) is 7.32. The minimum absolute atomic E-state index is 0.309. The number of rotatable bonds is 4. The molecule has 0 radical (unpaired) electrons.